The smallest absolute Gasteiger partial charge is 0.328 e. The number of hydrogen-bond acceptors (Lipinski definition) is 4. The fourth-order valence-electron chi connectivity index (χ4n) is 4.20. The van der Waals surface area contributed by atoms with Crippen LogP contribution in [0.4, 0.5) is 0 Å². The number of amides is 2. The van der Waals surface area contributed by atoms with Crippen LogP contribution in [0.5, 0.6) is 0 Å². The van der Waals surface area contributed by atoms with E-state index in [9.17, 15) is 14.4 Å². The Kier molecular flexibility index (Phi) is 6.07. The zero-order chi connectivity index (χ0) is 22.7. The minimum absolute atomic E-state index is 0.0301. The first kappa shape index (κ1) is 21.4. The summed E-state index contributed by atoms with van der Waals surface area (Å²) in [4.78, 5) is 42.4. The number of para-hydroxylation sites is 1. The lowest BCUT2D eigenvalue weighted by atomic mass is 9.93. The molecule has 7 nitrogen and oxygen atoms in total. The van der Waals surface area contributed by atoms with E-state index < -0.39 is 18.1 Å². The summed E-state index contributed by atoms with van der Waals surface area (Å²) in [6.45, 7) is 1.47. The maximum atomic E-state index is 13.0. The Balaban J connectivity index is 1.54. The predicted molar refractivity (Wildman–Crippen MR) is 121 cm³/mol. The molecule has 0 spiro atoms. The predicted octanol–water partition coefficient (Wildman–Crippen LogP) is 3.33. The largest absolute Gasteiger partial charge is 0.467 e. The first-order valence-electron chi connectivity index (χ1n) is 10.5. The van der Waals surface area contributed by atoms with E-state index in [4.69, 9.17) is 4.74 Å². The minimum atomic E-state index is -0.841. The molecule has 0 fully saturated rings. The maximum absolute atomic E-state index is 13.0. The molecule has 0 saturated carbocycles. The van der Waals surface area contributed by atoms with Crippen LogP contribution < -0.4 is 5.32 Å². The minimum Gasteiger partial charge on any atom is -0.467 e. The lowest BCUT2D eigenvalue weighted by Gasteiger charge is -2.32. The van der Waals surface area contributed by atoms with Gasteiger partial charge in [-0.05, 0) is 28.8 Å². The number of ether oxygens (including phenoxy) is 1. The Morgan fingerprint density at radius 1 is 1.12 bits per heavy atom. The van der Waals surface area contributed by atoms with Gasteiger partial charge in [0.15, 0.2) is 0 Å². The zero-order valence-corrected chi connectivity index (χ0v) is 18.0. The number of carbonyl (C=O) groups is 3. The van der Waals surface area contributed by atoms with Gasteiger partial charge in [-0.25, -0.2) is 4.79 Å². The van der Waals surface area contributed by atoms with Crippen LogP contribution in [0, 0.1) is 0 Å². The maximum Gasteiger partial charge on any atom is 0.328 e. The van der Waals surface area contributed by atoms with Crippen LogP contribution in [0.25, 0.3) is 17.0 Å². The van der Waals surface area contributed by atoms with Crippen LogP contribution in [-0.4, -0.2) is 40.8 Å². The third kappa shape index (κ3) is 4.27. The summed E-state index contributed by atoms with van der Waals surface area (Å²) in [6.07, 6.45) is 5.72. The van der Waals surface area contributed by atoms with Crippen molar-refractivity contribution in [2.45, 2.75) is 31.8 Å². The molecule has 2 atom stereocenters. The standard InChI is InChI=1S/C25H25N3O4/c1-16(29)28-12-11-17-7-3-4-9-20(17)23(28)14-24(30)27-22(25(31)32-2)13-18-15-26-21-10-6-5-8-19(18)21/h3-12,15,22-23,26H,13-14H2,1-2H3,(H,27,30). The van der Waals surface area contributed by atoms with Crippen molar-refractivity contribution < 1.29 is 19.1 Å². The highest BCUT2D eigenvalue weighted by atomic mass is 16.5. The second kappa shape index (κ2) is 9.09. The van der Waals surface area contributed by atoms with Gasteiger partial charge < -0.3 is 19.9 Å². The lowest BCUT2D eigenvalue weighted by molar-refractivity contribution is -0.145. The van der Waals surface area contributed by atoms with Crippen LogP contribution in [0.15, 0.2) is 60.9 Å². The van der Waals surface area contributed by atoms with Gasteiger partial charge in [-0.2, -0.15) is 0 Å². The second-order valence-electron chi connectivity index (χ2n) is 7.80. The Morgan fingerprint density at radius 3 is 2.66 bits per heavy atom. The number of hydrogen-bond donors (Lipinski definition) is 2. The fraction of sp³-hybridized carbons (Fsp3) is 0.240. The van der Waals surface area contributed by atoms with Crippen molar-refractivity contribution in [3.05, 3.63) is 77.6 Å². The molecule has 2 N–H and O–H groups in total. The van der Waals surface area contributed by atoms with Crippen molar-refractivity contribution in [1.82, 2.24) is 15.2 Å². The zero-order valence-electron chi connectivity index (χ0n) is 18.0. The molecule has 0 saturated heterocycles. The lowest BCUT2D eigenvalue weighted by Crippen LogP contribution is -2.44. The number of nitrogens with one attached hydrogen (secondary N) is 2. The molecular weight excluding hydrogens is 406 g/mol. The van der Waals surface area contributed by atoms with E-state index in [1.54, 1.807) is 11.1 Å². The van der Waals surface area contributed by atoms with Crippen LogP contribution in [0.3, 0.4) is 0 Å². The Hall–Kier alpha value is -3.87. The number of aromatic nitrogens is 1. The van der Waals surface area contributed by atoms with Gasteiger partial charge in [-0.1, -0.05) is 42.5 Å². The molecule has 0 aliphatic carbocycles. The number of rotatable bonds is 6. The van der Waals surface area contributed by atoms with E-state index in [-0.39, 0.29) is 18.2 Å². The summed E-state index contributed by atoms with van der Waals surface area (Å²) < 4.78 is 4.94. The number of benzene rings is 2. The van der Waals surface area contributed by atoms with Gasteiger partial charge in [0.25, 0.3) is 0 Å². The van der Waals surface area contributed by atoms with Gasteiger partial charge in [0.1, 0.15) is 6.04 Å². The van der Waals surface area contributed by atoms with Crippen molar-refractivity contribution >= 4 is 34.8 Å². The molecule has 3 aromatic rings. The first-order chi connectivity index (χ1) is 15.5. The number of fused-ring (bicyclic) bond motifs is 2. The molecule has 164 valence electrons. The molecule has 2 aromatic carbocycles. The van der Waals surface area contributed by atoms with E-state index in [1.165, 1.54) is 14.0 Å². The van der Waals surface area contributed by atoms with E-state index in [0.717, 1.165) is 27.6 Å². The molecular formula is C25H25N3O4. The Bertz CT molecular complexity index is 1200. The molecule has 0 radical (unpaired) electrons. The summed E-state index contributed by atoms with van der Waals surface area (Å²) in [7, 11) is 1.30. The van der Waals surface area contributed by atoms with Gasteiger partial charge >= 0.3 is 5.97 Å². The summed E-state index contributed by atoms with van der Waals surface area (Å²) in [5.74, 6) is -1.01. The molecule has 7 heteroatoms. The van der Waals surface area contributed by atoms with Crippen LogP contribution in [-0.2, 0) is 25.5 Å². The average Bonchev–Trinajstić information content (AvgIpc) is 3.21. The van der Waals surface area contributed by atoms with E-state index in [0.29, 0.717) is 6.42 Å². The van der Waals surface area contributed by atoms with Crippen LogP contribution >= 0.6 is 0 Å². The molecule has 4 rings (SSSR count). The molecule has 2 heterocycles. The topological polar surface area (TPSA) is 91.5 Å². The highest BCUT2D eigenvalue weighted by Gasteiger charge is 2.30. The number of aromatic amines is 1. The van der Waals surface area contributed by atoms with Gasteiger partial charge in [0, 0.05) is 36.6 Å². The Labute approximate surface area is 186 Å². The van der Waals surface area contributed by atoms with Gasteiger partial charge in [0.2, 0.25) is 11.8 Å². The molecule has 32 heavy (non-hydrogen) atoms. The van der Waals surface area contributed by atoms with Crippen LogP contribution in [0.1, 0.15) is 36.1 Å². The van der Waals surface area contributed by atoms with Crippen LogP contribution in [0.2, 0.25) is 0 Å². The molecule has 1 aliphatic heterocycles. The van der Waals surface area contributed by atoms with Gasteiger partial charge in [-0.3, -0.25) is 9.59 Å². The summed E-state index contributed by atoms with van der Waals surface area (Å²) in [5.41, 5.74) is 3.73. The van der Waals surface area contributed by atoms with Crippen molar-refractivity contribution in [1.29, 1.82) is 0 Å². The number of esters is 1. The monoisotopic (exact) mass is 431 g/mol. The van der Waals surface area contributed by atoms with Crippen molar-refractivity contribution in [2.24, 2.45) is 0 Å². The van der Waals surface area contributed by atoms with E-state index in [2.05, 4.69) is 10.3 Å². The number of carbonyl (C=O) groups excluding carboxylic acids is 3. The molecule has 2 amide bonds. The van der Waals surface area contributed by atoms with E-state index in [1.807, 2.05) is 60.8 Å². The SMILES string of the molecule is COC(=O)C(Cc1c[nH]c2ccccc12)NC(=O)CC1c2ccccc2C=CN1C(C)=O. The highest BCUT2D eigenvalue weighted by molar-refractivity contribution is 5.88. The summed E-state index contributed by atoms with van der Waals surface area (Å²) in [5, 5.41) is 3.81. The van der Waals surface area contributed by atoms with E-state index >= 15 is 0 Å². The molecule has 1 aromatic heterocycles. The number of nitrogens with zero attached hydrogens (tertiary/aromatic N) is 1. The van der Waals surface area contributed by atoms with Crippen molar-refractivity contribution in [2.75, 3.05) is 7.11 Å². The number of methoxy groups -OCH3 is 1. The third-order valence-electron chi connectivity index (χ3n) is 5.77. The first-order valence-corrected chi connectivity index (χ1v) is 10.5. The third-order valence-corrected chi connectivity index (χ3v) is 5.77. The van der Waals surface area contributed by atoms with Crippen molar-refractivity contribution in [3.8, 4) is 0 Å². The molecule has 1 aliphatic rings. The second-order valence-corrected chi connectivity index (χ2v) is 7.80. The summed E-state index contributed by atoms with van der Waals surface area (Å²) >= 11 is 0. The summed E-state index contributed by atoms with van der Waals surface area (Å²) in [6, 6.07) is 14.1. The quantitative estimate of drug-likeness (QED) is 0.586. The normalized spacial score (nSPS) is 15.8. The average molecular weight is 431 g/mol. The van der Waals surface area contributed by atoms with Gasteiger partial charge in [0.05, 0.1) is 19.6 Å². The number of H-pyrrole nitrogens is 1. The molecule has 2 unspecified atom stereocenters. The highest BCUT2D eigenvalue weighted by Crippen LogP contribution is 2.32. The fourth-order valence-corrected chi connectivity index (χ4v) is 4.20. The van der Waals surface area contributed by atoms with Crippen molar-refractivity contribution in [3.63, 3.8) is 0 Å². The Morgan fingerprint density at radius 2 is 1.88 bits per heavy atom. The molecule has 0 bridgehead atoms. The van der Waals surface area contributed by atoms with Gasteiger partial charge in [-0.15, -0.1) is 0 Å².